The molecule has 0 radical (unpaired) electrons. The van der Waals surface area contributed by atoms with Crippen molar-refractivity contribution in [2.24, 2.45) is 11.8 Å². The summed E-state index contributed by atoms with van der Waals surface area (Å²) in [6, 6.07) is 10.9. The molecule has 1 saturated carbocycles. The van der Waals surface area contributed by atoms with Crippen molar-refractivity contribution in [3.8, 4) is 0 Å². The number of likely N-dealkylation sites (tertiary alicyclic amines) is 1. The van der Waals surface area contributed by atoms with Crippen molar-refractivity contribution in [2.75, 3.05) is 13.1 Å². The third-order valence-electron chi connectivity index (χ3n) is 5.56. The summed E-state index contributed by atoms with van der Waals surface area (Å²) in [5.41, 5.74) is 1.77. The van der Waals surface area contributed by atoms with Crippen LogP contribution in [0.3, 0.4) is 0 Å². The maximum atomic E-state index is 12.3. The molecule has 1 amide bonds. The Morgan fingerprint density at radius 2 is 2.04 bits per heavy atom. The monoisotopic (exact) mass is 339 g/mol. The Bertz CT molecular complexity index is 728. The lowest BCUT2D eigenvalue weighted by atomic mass is 9.79. The van der Waals surface area contributed by atoms with Crippen LogP contribution in [0.1, 0.15) is 41.2 Å². The SMILES string of the molecule is Cc1nc(C(=O)NC2CC[C@@H]3CN(Cc4ccccc4)C[C@@H]3C2)co1. The van der Waals surface area contributed by atoms with Crippen LogP contribution in [-0.2, 0) is 6.54 Å². The van der Waals surface area contributed by atoms with Gasteiger partial charge in [-0.05, 0) is 36.7 Å². The molecule has 1 aliphatic carbocycles. The molecule has 0 spiro atoms. The fraction of sp³-hybridized carbons (Fsp3) is 0.500. The molecule has 132 valence electrons. The first-order valence-electron chi connectivity index (χ1n) is 9.16. The Morgan fingerprint density at radius 3 is 2.80 bits per heavy atom. The molecule has 0 bridgehead atoms. The van der Waals surface area contributed by atoms with Gasteiger partial charge in [0.25, 0.3) is 5.91 Å². The van der Waals surface area contributed by atoms with Gasteiger partial charge in [0.15, 0.2) is 11.6 Å². The van der Waals surface area contributed by atoms with Crippen LogP contribution in [0.25, 0.3) is 0 Å². The van der Waals surface area contributed by atoms with E-state index < -0.39 is 0 Å². The molecule has 2 aliphatic rings. The molecule has 1 N–H and O–H groups in total. The number of aromatic nitrogens is 1. The number of carbonyl (C=O) groups excluding carboxylic acids is 1. The molecule has 2 aromatic rings. The molecule has 2 fully saturated rings. The predicted molar refractivity (Wildman–Crippen MR) is 95.0 cm³/mol. The fourth-order valence-electron chi connectivity index (χ4n) is 4.36. The molecule has 2 heterocycles. The Hall–Kier alpha value is -2.14. The van der Waals surface area contributed by atoms with Crippen LogP contribution < -0.4 is 5.32 Å². The summed E-state index contributed by atoms with van der Waals surface area (Å²) < 4.78 is 5.14. The molecular formula is C20H25N3O2. The van der Waals surface area contributed by atoms with Gasteiger partial charge in [0, 0.05) is 32.6 Å². The number of benzene rings is 1. The van der Waals surface area contributed by atoms with E-state index in [9.17, 15) is 4.79 Å². The third kappa shape index (κ3) is 3.76. The van der Waals surface area contributed by atoms with Crippen molar-refractivity contribution in [3.05, 3.63) is 53.7 Å². The molecule has 1 unspecified atom stereocenters. The first-order valence-corrected chi connectivity index (χ1v) is 9.16. The highest BCUT2D eigenvalue weighted by Gasteiger charge is 2.38. The molecule has 1 aromatic carbocycles. The second-order valence-electron chi connectivity index (χ2n) is 7.44. The number of hydrogen-bond acceptors (Lipinski definition) is 4. The van der Waals surface area contributed by atoms with Crippen LogP contribution in [0.5, 0.6) is 0 Å². The summed E-state index contributed by atoms with van der Waals surface area (Å²) in [5.74, 6) is 1.87. The summed E-state index contributed by atoms with van der Waals surface area (Å²) >= 11 is 0. The van der Waals surface area contributed by atoms with Gasteiger partial charge in [-0.3, -0.25) is 9.69 Å². The van der Waals surface area contributed by atoms with E-state index in [0.717, 1.165) is 31.8 Å². The number of oxazole rings is 1. The third-order valence-corrected chi connectivity index (χ3v) is 5.56. The van der Waals surface area contributed by atoms with Crippen LogP contribution in [0, 0.1) is 18.8 Å². The van der Waals surface area contributed by atoms with Gasteiger partial charge >= 0.3 is 0 Å². The van der Waals surface area contributed by atoms with Gasteiger partial charge in [-0.15, -0.1) is 0 Å². The largest absolute Gasteiger partial charge is 0.448 e. The highest BCUT2D eigenvalue weighted by atomic mass is 16.3. The normalized spacial score (nSPS) is 26.4. The fourth-order valence-corrected chi connectivity index (χ4v) is 4.36. The lowest BCUT2D eigenvalue weighted by Gasteiger charge is -2.31. The lowest BCUT2D eigenvalue weighted by molar-refractivity contribution is 0.0908. The zero-order valence-corrected chi connectivity index (χ0v) is 14.6. The molecule has 1 aromatic heterocycles. The second kappa shape index (κ2) is 7.00. The molecule has 5 nitrogen and oxygen atoms in total. The first-order chi connectivity index (χ1) is 12.2. The van der Waals surface area contributed by atoms with Gasteiger partial charge in [0.2, 0.25) is 0 Å². The minimum atomic E-state index is -0.112. The second-order valence-corrected chi connectivity index (χ2v) is 7.44. The van der Waals surface area contributed by atoms with Gasteiger partial charge in [0.05, 0.1) is 0 Å². The molecule has 5 heteroatoms. The van der Waals surface area contributed by atoms with Gasteiger partial charge in [0.1, 0.15) is 6.26 Å². The van der Waals surface area contributed by atoms with Gasteiger partial charge < -0.3 is 9.73 Å². The first kappa shape index (κ1) is 16.3. The molecule has 3 atom stereocenters. The number of nitrogens with one attached hydrogen (secondary N) is 1. The molecule has 1 aliphatic heterocycles. The van der Waals surface area contributed by atoms with Crippen molar-refractivity contribution in [3.63, 3.8) is 0 Å². The zero-order chi connectivity index (χ0) is 17.2. The standard InChI is InChI=1S/C20H25N3O2/c1-14-21-19(13-25-14)20(24)22-18-8-7-16-11-23(12-17(16)9-18)10-15-5-3-2-4-6-15/h2-6,13,16-18H,7-12H2,1H3,(H,22,24)/t16-,17+,18?/m1/s1. The quantitative estimate of drug-likeness (QED) is 0.930. The van der Waals surface area contributed by atoms with Crippen LogP contribution in [0.4, 0.5) is 0 Å². The van der Waals surface area contributed by atoms with Gasteiger partial charge in [-0.2, -0.15) is 0 Å². The predicted octanol–water partition coefficient (Wildman–Crippen LogP) is 3.01. The number of aryl methyl sites for hydroxylation is 1. The Kier molecular flexibility index (Phi) is 4.57. The molecule has 1 saturated heterocycles. The van der Waals surface area contributed by atoms with Gasteiger partial charge in [-0.1, -0.05) is 30.3 Å². The van der Waals surface area contributed by atoms with E-state index in [2.05, 4.69) is 45.5 Å². The number of carbonyl (C=O) groups is 1. The van der Waals surface area contributed by atoms with Crippen LogP contribution >= 0.6 is 0 Å². The van der Waals surface area contributed by atoms with Crippen molar-refractivity contribution < 1.29 is 9.21 Å². The Morgan fingerprint density at radius 1 is 1.24 bits per heavy atom. The summed E-state index contributed by atoms with van der Waals surface area (Å²) in [6.07, 6.45) is 4.76. The highest BCUT2D eigenvalue weighted by Crippen LogP contribution is 2.36. The van der Waals surface area contributed by atoms with Crippen molar-refractivity contribution >= 4 is 5.91 Å². The summed E-state index contributed by atoms with van der Waals surface area (Å²) in [6.45, 7) is 5.10. The zero-order valence-electron chi connectivity index (χ0n) is 14.6. The van der Waals surface area contributed by atoms with Crippen molar-refractivity contribution in [2.45, 2.75) is 38.8 Å². The number of nitrogens with zero attached hydrogens (tertiary/aromatic N) is 2. The lowest BCUT2D eigenvalue weighted by Crippen LogP contribution is -2.40. The van der Waals surface area contributed by atoms with E-state index in [-0.39, 0.29) is 11.9 Å². The topological polar surface area (TPSA) is 58.4 Å². The Labute approximate surface area is 148 Å². The molecular weight excluding hydrogens is 314 g/mol. The minimum absolute atomic E-state index is 0.112. The maximum absolute atomic E-state index is 12.3. The molecule has 4 rings (SSSR count). The average molecular weight is 339 g/mol. The van der Waals surface area contributed by atoms with Gasteiger partial charge in [-0.25, -0.2) is 4.98 Å². The number of fused-ring (bicyclic) bond motifs is 1. The van der Waals surface area contributed by atoms with Crippen LogP contribution in [0.2, 0.25) is 0 Å². The van der Waals surface area contributed by atoms with E-state index in [1.54, 1.807) is 6.92 Å². The minimum Gasteiger partial charge on any atom is -0.448 e. The summed E-state index contributed by atoms with van der Waals surface area (Å²) in [5, 5.41) is 3.15. The van der Waals surface area contributed by atoms with E-state index in [4.69, 9.17) is 4.42 Å². The average Bonchev–Trinajstić information content (AvgIpc) is 3.21. The highest BCUT2D eigenvalue weighted by molar-refractivity contribution is 5.92. The summed E-state index contributed by atoms with van der Waals surface area (Å²) in [4.78, 5) is 19.0. The van der Waals surface area contributed by atoms with Crippen molar-refractivity contribution in [1.82, 2.24) is 15.2 Å². The Balaban J connectivity index is 1.31. The smallest absolute Gasteiger partial charge is 0.273 e. The number of amides is 1. The van der Waals surface area contributed by atoms with E-state index in [0.29, 0.717) is 17.5 Å². The maximum Gasteiger partial charge on any atom is 0.273 e. The number of rotatable bonds is 4. The van der Waals surface area contributed by atoms with Crippen LogP contribution in [0.15, 0.2) is 41.0 Å². The number of hydrogen-bond donors (Lipinski definition) is 1. The van der Waals surface area contributed by atoms with E-state index in [1.165, 1.54) is 24.8 Å². The van der Waals surface area contributed by atoms with E-state index >= 15 is 0 Å². The molecule has 25 heavy (non-hydrogen) atoms. The van der Waals surface area contributed by atoms with Crippen LogP contribution in [-0.4, -0.2) is 34.9 Å². The van der Waals surface area contributed by atoms with E-state index in [1.807, 2.05) is 0 Å². The van der Waals surface area contributed by atoms with Crippen molar-refractivity contribution in [1.29, 1.82) is 0 Å². The summed E-state index contributed by atoms with van der Waals surface area (Å²) in [7, 11) is 0.